The third-order valence-electron chi connectivity index (χ3n) is 2.88. The molecule has 0 spiro atoms. The summed E-state index contributed by atoms with van der Waals surface area (Å²) in [7, 11) is 0. The van der Waals surface area contributed by atoms with E-state index in [0.29, 0.717) is 19.8 Å². The first kappa shape index (κ1) is 13.0. The largest absolute Gasteiger partial charge is 0.378 e. The Morgan fingerprint density at radius 2 is 2.44 bits per heavy atom. The van der Waals surface area contributed by atoms with Crippen LogP contribution in [0, 0.1) is 12.7 Å². The van der Waals surface area contributed by atoms with Gasteiger partial charge in [-0.15, -0.1) is 0 Å². The van der Waals surface area contributed by atoms with Crippen LogP contribution >= 0.6 is 0 Å². The zero-order valence-corrected chi connectivity index (χ0v) is 10.3. The Morgan fingerprint density at radius 3 is 3.11 bits per heavy atom. The van der Waals surface area contributed by atoms with Crippen molar-refractivity contribution in [2.75, 3.05) is 26.3 Å². The van der Waals surface area contributed by atoms with E-state index >= 15 is 0 Å². The van der Waals surface area contributed by atoms with E-state index in [1.807, 2.05) is 0 Å². The molecule has 18 heavy (non-hydrogen) atoms. The van der Waals surface area contributed by atoms with Gasteiger partial charge in [-0.25, -0.2) is 4.39 Å². The highest BCUT2D eigenvalue weighted by Crippen LogP contribution is 2.09. The molecular formula is C13H17FN2O2. The number of ether oxygens (including phenoxy) is 1. The third-order valence-corrected chi connectivity index (χ3v) is 2.88. The average Bonchev–Trinajstić information content (AvgIpc) is 2.37. The maximum Gasteiger partial charge on any atom is 0.254 e. The first-order valence-corrected chi connectivity index (χ1v) is 6.02. The molecule has 0 aromatic heterocycles. The van der Waals surface area contributed by atoms with Gasteiger partial charge in [0.15, 0.2) is 0 Å². The SMILES string of the molecule is Cc1ccc(C(=O)NCC2COCCN2)c(F)c1. The molecule has 0 radical (unpaired) electrons. The van der Waals surface area contributed by atoms with E-state index in [-0.39, 0.29) is 17.5 Å². The van der Waals surface area contributed by atoms with Crippen molar-refractivity contribution in [2.45, 2.75) is 13.0 Å². The zero-order valence-electron chi connectivity index (χ0n) is 10.3. The van der Waals surface area contributed by atoms with E-state index in [0.717, 1.165) is 12.1 Å². The molecule has 0 saturated carbocycles. The lowest BCUT2D eigenvalue weighted by molar-refractivity contribution is 0.0734. The predicted molar refractivity (Wildman–Crippen MR) is 66.1 cm³/mol. The van der Waals surface area contributed by atoms with Gasteiger partial charge < -0.3 is 15.4 Å². The highest BCUT2D eigenvalue weighted by molar-refractivity contribution is 5.94. The van der Waals surface area contributed by atoms with Crippen molar-refractivity contribution in [3.05, 3.63) is 35.1 Å². The monoisotopic (exact) mass is 252 g/mol. The number of carbonyl (C=O) groups is 1. The number of halogens is 1. The van der Waals surface area contributed by atoms with Gasteiger partial charge in [-0.2, -0.15) is 0 Å². The van der Waals surface area contributed by atoms with Crippen molar-refractivity contribution in [3.8, 4) is 0 Å². The minimum atomic E-state index is -0.486. The lowest BCUT2D eigenvalue weighted by Gasteiger charge is -2.23. The minimum Gasteiger partial charge on any atom is -0.378 e. The molecule has 98 valence electrons. The number of nitrogens with one attached hydrogen (secondary N) is 2. The average molecular weight is 252 g/mol. The molecule has 0 aliphatic carbocycles. The van der Waals surface area contributed by atoms with Gasteiger partial charge in [-0.1, -0.05) is 6.07 Å². The number of aryl methyl sites for hydroxylation is 1. The van der Waals surface area contributed by atoms with Crippen LogP contribution in [0.5, 0.6) is 0 Å². The van der Waals surface area contributed by atoms with Crippen molar-refractivity contribution in [1.29, 1.82) is 0 Å². The Bertz CT molecular complexity index is 431. The molecular weight excluding hydrogens is 235 g/mol. The number of morpholine rings is 1. The van der Waals surface area contributed by atoms with Gasteiger partial charge in [0.2, 0.25) is 0 Å². The molecule has 2 rings (SSSR count). The van der Waals surface area contributed by atoms with Crippen molar-refractivity contribution in [1.82, 2.24) is 10.6 Å². The summed E-state index contributed by atoms with van der Waals surface area (Å²) in [4.78, 5) is 11.8. The summed E-state index contributed by atoms with van der Waals surface area (Å²) in [6.45, 7) is 4.26. The molecule has 1 heterocycles. The number of amides is 1. The molecule has 2 N–H and O–H groups in total. The summed E-state index contributed by atoms with van der Waals surface area (Å²) in [6, 6.07) is 4.68. The van der Waals surface area contributed by atoms with E-state index < -0.39 is 5.82 Å². The topological polar surface area (TPSA) is 50.4 Å². The fourth-order valence-corrected chi connectivity index (χ4v) is 1.87. The minimum absolute atomic E-state index is 0.0809. The molecule has 1 aliphatic rings. The van der Waals surface area contributed by atoms with Gasteiger partial charge in [0.05, 0.1) is 18.8 Å². The van der Waals surface area contributed by atoms with Crippen LogP contribution in [0.3, 0.4) is 0 Å². The van der Waals surface area contributed by atoms with E-state index in [2.05, 4.69) is 10.6 Å². The Hall–Kier alpha value is -1.46. The molecule has 1 fully saturated rings. The van der Waals surface area contributed by atoms with Crippen LogP contribution in [0.15, 0.2) is 18.2 Å². The summed E-state index contributed by atoms with van der Waals surface area (Å²) in [5, 5.41) is 5.92. The van der Waals surface area contributed by atoms with Crippen LogP contribution in [0.2, 0.25) is 0 Å². The lowest BCUT2D eigenvalue weighted by Crippen LogP contribution is -2.48. The summed E-state index contributed by atoms with van der Waals surface area (Å²) < 4.78 is 18.8. The normalized spacial score (nSPS) is 19.6. The summed E-state index contributed by atoms with van der Waals surface area (Å²) in [5.74, 6) is -0.875. The summed E-state index contributed by atoms with van der Waals surface area (Å²) in [6.07, 6.45) is 0. The molecule has 1 aromatic carbocycles. The first-order chi connectivity index (χ1) is 8.66. The second-order valence-electron chi connectivity index (χ2n) is 4.42. The summed E-state index contributed by atoms with van der Waals surface area (Å²) >= 11 is 0. The molecule has 1 unspecified atom stereocenters. The van der Waals surface area contributed by atoms with Crippen molar-refractivity contribution in [3.63, 3.8) is 0 Å². The molecule has 1 saturated heterocycles. The van der Waals surface area contributed by atoms with Gasteiger partial charge in [-0.3, -0.25) is 4.79 Å². The van der Waals surface area contributed by atoms with Gasteiger partial charge >= 0.3 is 0 Å². The van der Waals surface area contributed by atoms with E-state index in [4.69, 9.17) is 4.74 Å². The van der Waals surface area contributed by atoms with E-state index in [1.165, 1.54) is 12.1 Å². The Labute approximate surface area is 106 Å². The fraction of sp³-hybridized carbons (Fsp3) is 0.462. The first-order valence-electron chi connectivity index (χ1n) is 6.02. The number of hydrogen-bond donors (Lipinski definition) is 2. The number of carbonyl (C=O) groups excluding carboxylic acids is 1. The number of benzene rings is 1. The second-order valence-corrected chi connectivity index (χ2v) is 4.42. The van der Waals surface area contributed by atoms with Crippen LogP contribution in [-0.2, 0) is 4.74 Å². The molecule has 1 amide bonds. The third kappa shape index (κ3) is 3.27. The zero-order chi connectivity index (χ0) is 13.0. The van der Waals surface area contributed by atoms with Gasteiger partial charge in [0.1, 0.15) is 5.82 Å². The van der Waals surface area contributed by atoms with E-state index in [1.54, 1.807) is 13.0 Å². The summed E-state index contributed by atoms with van der Waals surface area (Å²) in [5.41, 5.74) is 0.878. The standard InChI is InChI=1S/C13H17FN2O2/c1-9-2-3-11(12(14)6-9)13(17)16-7-10-8-18-5-4-15-10/h2-3,6,10,15H,4-5,7-8H2,1H3,(H,16,17). The fourth-order valence-electron chi connectivity index (χ4n) is 1.87. The van der Waals surface area contributed by atoms with Crippen molar-refractivity contribution in [2.24, 2.45) is 0 Å². The number of hydrogen-bond acceptors (Lipinski definition) is 3. The number of rotatable bonds is 3. The smallest absolute Gasteiger partial charge is 0.254 e. The maximum atomic E-state index is 13.6. The maximum absolute atomic E-state index is 13.6. The molecule has 1 aromatic rings. The Balaban J connectivity index is 1.90. The van der Waals surface area contributed by atoms with Crippen LogP contribution < -0.4 is 10.6 Å². The molecule has 1 aliphatic heterocycles. The van der Waals surface area contributed by atoms with E-state index in [9.17, 15) is 9.18 Å². The van der Waals surface area contributed by atoms with Crippen molar-refractivity contribution < 1.29 is 13.9 Å². The molecule has 4 nitrogen and oxygen atoms in total. The van der Waals surface area contributed by atoms with Gasteiger partial charge in [0.25, 0.3) is 5.91 Å². The van der Waals surface area contributed by atoms with Crippen molar-refractivity contribution >= 4 is 5.91 Å². The van der Waals surface area contributed by atoms with Crippen LogP contribution in [0.25, 0.3) is 0 Å². The van der Waals surface area contributed by atoms with Crippen LogP contribution in [0.4, 0.5) is 4.39 Å². The van der Waals surface area contributed by atoms with Gasteiger partial charge in [0, 0.05) is 19.1 Å². The quantitative estimate of drug-likeness (QED) is 0.838. The highest BCUT2D eigenvalue weighted by Gasteiger charge is 2.16. The molecule has 1 atom stereocenters. The second kappa shape index (κ2) is 5.93. The van der Waals surface area contributed by atoms with Gasteiger partial charge in [-0.05, 0) is 24.6 Å². The predicted octanol–water partition coefficient (Wildman–Crippen LogP) is 0.852. The molecule has 0 bridgehead atoms. The molecule has 5 heteroatoms. The van der Waals surface area contributed by atoms with Crippen LogP contribution in [-0.4, -0.2) is 38.3 Å². The Kier molecular flexibility index (Phi) is 4.28. The Morgan fingerprint density at radius 1 is 1.61 bits per heavy atom. The lowest BCUT2D eigenvalue weighted by atomic mass is 10.1. The van der Waals surface area contributed by atoms with Crippen LogP contribution in [0.1, 0.15) is 15.9 Å². The highest BCUT2D eigenvalue weighted by atomic mass is 19.1.